The van der Waals surface area contributed by atoms with Crippen LogP contribution < -0.4 is 5.32 Å². The lowest BCUT2D eigenvalue weighted by Crippen LogP contribution is -2.46. The molecule has 0 bridgehead atoms. The first-order valence-corrected chi connectivity index (χ1v) is 6.33. The van der Waals surface area contributed by atoms with Crippen LogP contribution in [-0.4, -0.2) is 17.9 Å². The zero-order chi connectivity index (χ0) is 11.7. The highest BCUT2D eigenvalue weighted by molar-refractivity contribution is 5.87. The minimum atomic E-state index is -0.334. The highest BCUT2D eigenvalue weighted by Gasteiger charge is 2.24. The minimum absolute atomic E-state index is 0.334. The van der Waals surface area contributed by atoms with E-state index in [9.17, 15) is 4.79 Å². The van der Waals surface area contributed by atoms with Crippen molar-refractivity contribution in [2.24, 2.45) is 0 Å². The van der Waals surface area contributed by atoms with Crippen LogP contribution >= 0.6 is 0 Å². The molecule has 0 amide bonds. The van der Waals surface area contributed by atoms with Crippen LogP contribution in [0, 0.1) is 0 Å². The van der Waals surface area contributed by atoms with Gasteiger partial charge in [-0.1, -0.05) is 39.5 Å². The summed E-state index contributed by atoms with van der Waals surface area (Å²) in [5.74, 6) is 0.348. The number of carbonyl (C=O) groups excluding carboxylic acids is 1. The Morgan fingerprint density at radius 2 is 1.67 bits per heavy atom. The van der Waals surface area contributed by atoms with Crippen molar-refractivity contribution in [3.05, 3.63) is 0 Å². The molecule has 0 aromatic rings. The Labute approximate surface area is 94.8 Å². The van der Waals surface area contributed by atoms with Gasteiger partial charge >= 0.3 is 0 Å². The van der Waals surface area contributed by atoms with Gasteiger partial charge in [0, 0.05) is 6.42 Å². The second-order valence-electron chi connectivity index (χ2n) is 4.74. The molecule has 90 valence electrons. The van der Waals surface area contributed by atoms with Crippen LogP contribution in [0.3, 0.4) is 0 Å². The lowest BCUT2D eigenvalue weighted by molar-refractivity contribution is -0.124. The number of carbonyl (C=O) groups is 1. The van der Waals surface area contributed by atoms with E-state index in [0.29, 0.717) is 5.78 Å². The molecular weight excluding hydrogens is 186 g/mol. The Bertz CT molecular complexity index is 175. The topological polar surface area (TPSA) is 29.1 Å². The molecule has 0 rings (SSSR count). The SMILES string of the molecule is CCCCCCCC(=O)C(C)(C)NCC. The van der Waals surface area contributed by atoms with E-state index in [2.05, 4.69) is 12.2 Å². The molecule has 2 heteroatoms. The quantitative estimate of drug-likeness (QED) is 0.595. The van der Waals surface area contributed by atoms with Crippen LogP contribution in [0.25, 0.3) is 0 Å². The van der Waals surface area contributed by atoms with Crippen LogP contribution in [0.5, 0.6) is 0 Å². The molecule has 0 saturated heterocycles. The van der Waals surface area contributed by atoms with Crippen molar-refractivity contribution >= 4 is 5.78 Å². The molecule has 0 aliphatic heterocycles. The summed E-state index contributed by atoms with van der Waals surface area (Å²) in [7, 11) is 0. The van der Waals surface area contributed by atoms with Crippen LogP contribution in [0.15, 0.2) is 0 Å². The number of nitrogens with one attached hydrogen (secondary N) is 1. The predicted octanol–water partition coefficient (Wildman–Crippen LogP) is 3.30. The summed E-state index contributed by atoms with van der Waals surface area (Å²) in [6, 6.07) is 0. The fraction of sp³-hybridized carbons (Fsp3) is 0.923. The van der Waals surface area contributed by atoms with E-state index >= 15 is 0 Å². The lowest BCUT2D eigenvalue weighted by atomic mass is 9.94. The molecule has 0 spiro atoms. The highest BCUT2D eigenvalue weighted by atomic mass is 16.1. The van der Waals surface area contributed by atoms with Gasteiger partial charge in [-0.3, -0.25) is 4.79 Å². The second-order valence-corrected chi connectivity index (χ2v) is 4.74. The number of likely N-dealkylation sites (N-methyl/N-ethyl adjacent to an activating group) is 1. The van der Waals surface area contributed by atoms with Crippen molar-refractivity contribution in [1.82, 2.24) is 5.32 Å². The molecular formula is C13H27NO. The highest BCUT2D eigenvalue weighted by Crippen LogP contribution is 2.11. The third-order valence-corrected chi connectivity index (χ3v) is 2.82. The summed E-state index contributed by atoms with van der Waals surface area (Å²) in [5, 5.41) is 3.22. The Balaban J connectivity index is 3.64. The van der Waals surface area contributed by atoms with Crippen LogP contribution in [-0.2, 0) is 4.79 Å². The molecule has 0 saturated carbocycles. The average molecular weight is 213 g/mol. The van der Waals surface area contributed by atoms with Crippen molar-refractivity contribution in [2.75, 3.05) is 6.54 Å². The van der Waals surface area contributed by atoms with E-state index in [-0.39, 0.29) is 5.54 Å². The summed E-state index contributed by atoms with van der Waals surface area (Å²) < 4.78 is 0. The molecule has 0 aromatic carbocycles. The fourth-order valence-corrected chi connectivity index (χ4v) is 1.74. The van der Waals surface area contributed by atoms with E-state index in [4.69, 9.17) is 0 Å². The van der Waals surface area contributed by atoms with Crippen LogP contribution in [0.4, 0.5) is 0 Å². The van der Waals surface area contributed by atoms with Crippen molar-refractivity contribution in [2.45, 2.75) is 71.8 Å². The van der Waals surface area contributed by atoms with Crippen molar-refractivity contribution in [3.63, 3.8) is 0 Å². The van der Waals surface area contributed by atoms with Crippen molar-refractivity contribution < 1.29 is 4.79 Å². The maximum Gasteiger partial charge on any atom is 0.152 e. The van der Waals surface area contributed by atoms with Gasteiger partial charge in [-0.2, -0.15) is 0 Å². The van der Waals surface area contributed by atoms with E-state index in [1.807, 2.05) is 20.8 Å². The predicted molar refractivity (Wildman–Crippen MR) is 66.1 cm³/mol. The number of hydrogen-bond donors (Lipinski definition) is 1. The lowest BCUT2D eigenvalue weighted by Gasteiger charge is -2.23. The van der Waals surface area contributed by atoms with Gasteiger partial charge in [-0.25, -0.2) is 0 Å². The minimum Gasteiger partial charge on any atom is -0.306 e. The number of ketones is 1. The maximum atomic E-state index is 11.8. The Morgan fingerprint density at radius 3 is 2.20 bits per heavy atom. The van der Waals surface area contributed by atoms with Gasteiger partial charge < -0.3 is 5.32 Å². The molecule has 0 aromatic heterocycles. The standard InChI is InChI=1S/C13H27NO/c1-5-7-8-9-10-11-12(15)13(3,4)14-6-2/h14H,5-11H2,1-4H3. The van der Waals surface area contributed by atoms with Gasteiger partial charge in [-0.05, 0) is 26.8 Å². The summed E-state index contributed by atoms with van der Waals surface area (Å²) in [5.41, 5.74) is -0.334. The van der Waals surface area contributed by atoms with Crippen LogP contribution in [0.1, 0.15) is 66.2 Å². The molecule has 0 radical (unpaired) electrons. The summed E-state index contributed by atoms with van der Waals surface area (Å²) in [6.07, 6.45) is 6.80. The van der Waals surface area contributed by atoms with Crippen LogP contribution in [0.2, 0.25) is 0 Å². The molecule has 0 fully saturated rings. The van der Waals surface area contributed by atoms with Gasteiger partial charge in [0.25, 0.3) is 0 Å². The molecule has 2 nitrogen and oxygen atoms in total. The average Bonchev–Trinajstić information content (AvgIpc) is 2.17. The Morgan fingerprint density at radius 1 is 1.07 bits per heavy atom. The summed E-state index contributed by atoms with van der Waals surface area (Å²) in [4.78, 5) is 11.8. The third kappa shape index (κ3) is 6.67. The van der Waals surface area contributed by atoms with Gasteiger partial charge in [-0.15, -0.1) is 0 Å². The molecule has 0 heterocycles. The number of rotatable bonds is 9. The van der Waals surface area contributed by atoms with E-state index in [1.165, 1.54) is 25.7 Å². The number of Topliss-reactive ketones (excluding diaryl/α,β-unsaturated/α-hetero) is 1. The monoisotopic (exact) mass is 213 g/mol. The van der Waals surface area contributed by atoms with E-state index in [1.54, 1.807) is 0 Å². The Kier molecular flexibility index (Phi) is 7.67. The number of unbranched alkanes of at least 4 members (excludes halogenated alkanes) is 4. The summed E-state index contributed by atoms with van der Waals surface area (Å²) in [6.45, 7) is 9.06. The smallest absolute Gasteiger partial charge is 0.152 e. The Hall–Kier alpha value is -0.370. The van der Waals surface area contributed by atoms with Gasteiger partial charge in [0.1, 0.15) is 0 Å². The molecule has 0 aliphatic rings. The third-order valence-electron chi connectivity index (χ3n) is 2.82. The first kappa shape index (κ1) is 14.6. The van der Waals surface area contributed by atoms with E-state index < -0.39 is 0 Å². The van der Waals surface area contributed by atoms with Gasteiger partial charge in [0.05, 0.1) is 5.54 Å². The largest absolute Gasteiger partial charge is 0.306 e. The van der Waals surface area contributed by atoms with Crippen molar-refractivity contribution in [1.29, 1.82) is 0 Å². The number of hydrogen-bond acceptors (Lipinski definition) is 2. The zero-order valence-electron chi connectivity index (χ0n) is 10.9. The van der Waals surface area contributed by atoms with Crippen molar-refractivity contribution in [3.8, 4) is 0 Å². The fourth-order valence-electron chi connectivity index (χ4n) is 1.74. The summed E-state index contributed by atoms with van der Waals surface area (Å²) >= 11 is 0. The van der Waals surface area contributed by atoms with Gasteiger partial charge in [0.15, 0.2) is 5.78 Å². The van der Waals surface area contributed by atoms with E-state index in [0.717, 1.165) is 19.4 Å². The molecule has 0 atom stereocenters. The maximum absolute atomic E-state index is 11.8. The zero-order valence-corrected chi connectivity index (χ0v) is 10.9. The first-order chi connectivity index (χ1) is 7.04. The van der Waals surface area contributed by atoms with Gasteiger partial charge in [0.2, 0.25) is 0 Å². The molecule has 1 N–H and O–H groups in total. The molecule has 15 heavy (non-hydrogen) atoms. The second kappa shape index (κ2) is 7.86. The molecule has 0 unspecified atom stereocenters. The molecule has 0 aliphatic carbocycles. The first-order valence-electron chi connectivity index (χ1n) is 6.33. The normalized spacial score (nSPS) is 11.7.